The average molecular weight is 274 g/mol. The largest absolute Gasteiger partial charge is 0.465 e. The molecule has 7 heteroatoms. The molecule has 0 atom stereocenters. The van der Waals surface area contributed by atoms with Gasteiger partial charge in [0.25, 0.3) is 0 Å². The molecule has 0 aromatic carbocycles. The number of nitrogens with zero attached hydrogens (tertiary/aromatic N) is 4. The Labute approximate surface area is 115 Å². The maximum atomic E-state index is 11.3. The minimum absolute atomic E-state index is 0.241. The summed E-state index contributed by atoms with van der Waals surface area (Å²) >= 11 is 0. The van der Waals surface area contributed by atoms with Gasteiger partial charge in [0.05, 0.1) is 12.2 Å². The fraction of sp³-hybridized carbons (Fsp3) is 0.385. The molecule has 104 valence electrons. The normalized spacial score (nSPS) is 16.8. The summed E-state index contributed by atoms with van der Waals surface area (Å²) in [5.41, 5.74) is 1.12. The van der Waals surface area contributed by atoms with Gasteiger partial charge >= 0.3 is 6.09 Å². The van der Waals surface area contributed by atoms with Crippen LogP contribution in [0.1, 0.15) is 25.1 Å². The third-order valence-corrected chi connectivity index (χ3v) is 3.40. The Hall–Kier alpha value is -2.44. The van der Waals surface area contributed by atoms with Gasteiger partial charge in [-0.3, -0.25) is 0 Å². The molecule has 0 unspecified atom stereocenters. The Morgan fingerprint density at radius 2 is 2.10 bits per heavy atom. The first-order valence-corrected chi connectivity index (χ1v) is 6.23. The van der Waals surface area contributed by atoms with E-state index in [4.69, 9.17) is 4.52 Å². The molecule has 2 aromatic rings. The van der Waals surface area contributed by atoms with Crippen molar-refractivity contribution in [2.75, 3.05) is 6.54 Å². The predicted molar refractivity (Wildman–Crippen MR) is 69.0 cm³/mol. The third-order valence-electron chi connectivity index (χ3n) is 3.40. The molecule has 0 spiro atoms. The average Bonchev–Trinajstić information content (AvgIpc) is 2.84. The molecule has 1 aliphatic rings. The lowest BCUT2D eigenvalue weighted by Gasteiger charge is -2.34. The van der Waals surface area contributed by atoms with Crippen LogP contribution < -0.4 is 0 Å². The van der Waals surface area contributed by atoms with E-state index in [1.54, 1.807) is 18.5 Å². The molecular weight excluding hydrogens is 260 g/mol. The van der Waals surface area contributed by atoms with E-state index in [1.807, 2.05) is 13.8 Å². The van der Waals surface area contributed by atoms with Gasteiger partial charge in [-0.25, -0.2) is 14.8 Å². The number of hydrogen-bond acceptors (Lipinski definition) is 5. The Kier molecular flexibility index (Phi) is 2.70. The predicted octanol–water partition coefficient (Wildman–Crippen LogP) is 1.90. The number of hydrogen-bond donors (Lipinski definition) is 1. The maximum Gasteiger partial charge on any atom is 0.407 e. The van der Waals surface area contributed by atoms with Crippen LogP contribution in [0.5, 0.6) is 0 Å². The highest BCUT2D eigenvalue weighted by Gasteiger charge is 2.39. The second-order valence-corrected chi connectivity index (χ2v) is 5.43. The Bertz CT molecular complexity index is 651. The van der Waals surface area contributed by atoms with Crippen LogP contribution in [0.25, 0.3) is 11.6 Å². The first-order chi connectivity index (χ1) is 9.49. The summed E-state index contributed by atoms with van der Waals surface area (Å²) in [6.45, 7) is 4.51. The zero-order chi connectivity index (χ0) is 14.3. The molecule has 0 fully saturated rings. The van der Waals surface area contributed by atoms with Crippen molar-refractivity contribution in [3.63, 3.8) is 0 Å². The van der Waals surface area contributed by atoms with Gasteiger partial charge in [0.1, 0.15) is 0 Å². The molecule has 1 amide bonds. The number of fused-ring (bicyclic) bond motifs is 1. The number of rotatable bonds is 1. The summed E-state index contributed by atoms with van der Waals surface area (Å²) in [5, 5.41) is 13.3. The zero-order valence-corrected chi connectivity index (χ0v) is 11.2. The van der Waals surface area contributed by atoms with Crippen LogP contribution >= 0.6 is 0 Å². The molecule has 0 saturated heterocycles. The van der Waals surface area contributed by atoms with E-state index in [2.05, 4.69) is 15.1 Å². The molecule has 0 aliphatic carbocycles. The molecule has 0 radical (unpaired) electrons. The van der Waals surface area contributed by atoms with Gasteiger partial charge in [-0.2, -0.15) is 0 Å². The van der Waals surface area contributed by atoms with Gasteiger partial charge in [0.2, 0.25) is 5.76 Å². The number of amides is 1. The lowest BCUT2D eigenvalue weighted by atomic mass is 9.82. The standard InChI is InChI=1S/C13H14N4O3/c1-13(2)7-17(12(18)19)6-8-9(20-16-10(8)13)11-14-4-3-5-15-11/h3-5H,6-7H2,1-2H3,(H,18,19). The Balaban J connectivity index is 2.11. The van der Waals surface area contributed by atoms with Crippen LogP contribution in [-0.4, -0.2) is 37.8 Å². The quantitative estimate of drug-likeness (QED) is 0.853. The zero-order valence-electron chi connectivity index (χ0n) is 11.2. The van der Waals surface area contributed by atoms with Crippen molar-refractivity contribution in [2.24, 2.45) is 0 Å². The summed E-state index contributed by atoms with van der Waals surface area (Å²) in [6.07, 6.45) is 2.27. The van der Waals surface area contributed by atoms with Crippen LogP contribution in [0.3, 0.4) is 0 Å². The number of carbonyl (C=O) groups is 1. The van der Waals surface area contributed by atoms with Crippen LogP contribution in [0.2, 0.25) is 0 Å². The molecule has 0 bridgehead atoms. The van der Waals surface area contributed by atoms with E-state index < -0.39 is 11.5 Å². The van der Waals surface area contributed by atoms with E-state index in [0.717, 1.165) is 11.3 Å². The topological polar surface area (TPSA) is 92.4 Å². The number of carboxylic acid groups (broad SMARTS) is 1. The Morgan fingerprint density at radius 1 is 1.40 bits per heavy atom. The molecule has 20 heavy (non-hydrogen) atoms. The van der Waals surface area contributed by atoms with Crippen LogP contribution in [-0.2, 0) is 12.0 Å². The van der Waals surface area contributed by atoms with Gasteiger partial charge in [-0.15, -0.1) is 0 Å². The van der Waals surface area contributed by atoms with Crippen LogP contribution in [0.15, 0.2) is 23.0 Å². The van der Waals surface area contributed by atoms with Crippen molar-refractivity contribution in [2.45, 2.75) is 25.8 Å². The molecule has 3 heterocycles. The van der Waals surface area contributed by atoms with Crippen molar-refractivity contribution in [1.29, 1.82) is 0 Å². The van der Waals surface area contributed by atoms with E-state index in [0.29, 0.717) is 18.1 Å². The van der Waals surface area contributed by atoms with E-state index >= 15 is 0 Å². The summed E-state index contributed by atoms with van der Waals surface area (Å²) in [5.74, 6) is 0.865. The van der Waals surface area contributed by atoms with Crippen molar-refractivity contribution in [1.82, 2.24) is 20.0 Å². The summed E-state index contributed by atoms with van der Waals surface area (Å²) in [6, 6.07) is 1.71. The van der Waals surface area contributed by atoms with Crippen LogP contribution in [0, 0.1) is 0 Å². The molecule has 2 aromatic heterocycles. The highest BCUT2D eigenvalue weighted by Crippen LogP contribution is 2.37. The molecule has 7 nitrogen and oxygen atoms in total. The fourth-order valence-corrected chi connectivity index (χ4v) is 2.51. The third kappa shape index (κ3) is 1.91. The van der Waals surface area contributed by atoms with Gasteiger partial charge in [0, 0.05) is 29.9 Å². The number of aromatic nitrogens is 3. The lowest BCUT2D eigenvalue weighted by Crippen LogP contribution is -2.44. The Morgan fingerprint density at radius 3 is 2.75 bits per heavy atom. The molecule has 3 rings (SSSR count). The summed E-state index contributed by atoms with van der Waals surface area (Å²) in [7, 11) is 0. The first-order valence-electron chi connectivity index (χ1n) is 6.23. The second kappa shape index (κ2) is 4.29. The van der Waals surface area contributed by atoms with Crippen molar-refractivity contribution in [3.8, 4) is 11.6 Å². The summed E-state index contributed by atoms with van der Waals surface area (Å²) < 4.78 is 5.37. The highest BCUT2D eigenvalue weighted by atomic mass is 16.5. The van der Waals surface area contributed by atoms with Gasteiger partial charge in [0.15, 0.2) is 5.82 Å². The van der Waals surface area contributed by atoms with E-state index in [1.165, 1.54) is 4.90 Å². The molecule has 1 N–H and O–H groups in total. The maximum absolute atomic E-state index is 11.3. The van der Waals surface area contributed by atoms with Gasteiger partial charge in [-0.1, -0.05) is 19.0 Å². The lowest BCUT2D eigenvalue weighted by molar-refractivity contribution is 0.124. The van der Waals surface area contributed by atoms with Gasteiger partial charge in [-0.05, 0) is 6.07 Å². The SMILES string of the molecule is CC1(C)CN(C(=O)O)Cc2c1noc2-c1ncccn1. The monoisotopic (exact) mass is 274 g/mol. The second-order valence-electron chi connectivity index (χ2n) is 5.43. The van der Waals surface area contributed by atoms with Gasteiger partial charge < -0.3 is 14.5 Å². The van der Waals surface area contributed by atoms with Crippen molar-refractivity contribution < 1.29 is 14.4 Å². The van der Waals surface area contributed by atoms with Crippen molar-refractivity contribution >= 4 is 6.09 Å². The fourth-order valence-electron chi connectivity index (χ4n) is 2.51. The minimum atomic E-state index is -0.954. The molecule has 0 saturated carbocycles. The van der Waals surface area contributed by atoms with Crippen LogP contribution in [0.4, 0.5) is 4.79 Å². The van der Waals surface area contributed by atoms with E-state index in [9.17, 15) is 9.90 Å². The minimum Gasteiger partial charge on any atom is -0.465 e. The summed E-state index contributed by atoms with van der Waals surface area (Å²) in [4.78, 5) is 20.9. The smallest absolute Gasteiger partial charge is 0.407 e. The first kappa shape index (κ1) is 12.6. The molecular formula is C13H14N4O3. The molecule has 1 aliphatic heterocycles. The van der Waals surface area contributed by atoms with E-state index in [-0.39, 0.29) is 6.54 Å². The highest BCUT2D eigenvalue weighted by molar-refractivity contribution is 5.67. The van der Waals surface area contributed by atoms with Crippen molar-refractivity contribution in [3.05, 3.63) is 29.7 Å².